The molecular weight excluding hydrogens is 174 g/mol. The van der Waals surface area contributed by atoms with Crippen LogP contribution in [0.2, 0.25) is 0 Å². The molecule has 0 aromatic carbocycles. The largest absolute Gasteiger partial charge is 0.377 e. The van der Waals surface area contributed by atoms with Gasteiger partial charge in [-0.25, -0.2) is 0 Å². The Morgan fingerprint density at radius 1 is 1.36 bits per heavy atom. The van der Waals surface area contributed by atoms with Crippen molar-refractivity contribution < 1.29 is 4.79 Å². The van der Waals surface area contributed by atoms with Crippen molar-refractivity contribution in [2.45, 2.75) is 32.6 Å². The first-order chi connectivity index (χ1) is 6.79. The van der Waals surface area contributed by atoms with E-state index >= 15 is 0 Å². The van der Waals surface area contributed by atoms with Crippen LogP contribution in [0.4, 0.5) is 0 Å². The predicted octanol–water partition coefficient (Wildman–Crippen LogP) is 1.97. The summed E-state index contributed by atoms with van der Waals surface area (Å²) in [4.78, 5) is 12.9. The SMILES string of the molecule is CC(=O)CC#C/C=C/N1CCCCC1. The van der Waals surface area contributed by atoms with Crippen molar-refractivity contribution in [3.63, 3.8) is 0 Å². The molecule has 0 bridgehead atoms. The number of rotatable bonds is 2. The van der Waals surface area contributed by atoms with Gasteiger partial charge in [0.15, 0.2) is 0 Å². The molecule has 0 N–H and O–H groups in total. The Balaban J connectivity index is 2.23. The van der Waals surface area contributed by atoms with Crippen LogP contribution in [0.15, 0.2) is 12.3 Å². The second kappa shape index (κ2) is 6.26. The van der Waals surface area contributed by atoms with E-state index in [4.69, 9.17) is 0 Å². The number of carbonyl (C=O) groups excluding carboxylic acids is 1. The number of Topliss-reactive ketones (excluding diaryl/α,β-unsaturated/α-hetero) is 1. The third-order valence-electron chi connectivity index (χ3n) is 2.20. The number of hydrogen-bond donors (Lipinski definition) is 0. The third kappa shape index (κ3) is 4.71. The van der Waals surface area contributed by atoms with Crippen LogP contribution in [0.25, 0.3) is 0 Å². The molecule has 0 spiro atoms. The first-order valence-corrected chi connectivity index (χ1v) is 5.17. The zero-order chi connectivity index (χ0) is 10.2. The van der Waals surface area contributed by atoms with Crippen molar-refractivity contribution >= 4 is 5.78 Å². The monoisotopic (exact) mass is 191 g/mol. The minimum Gasteiger partial charge on any atom is -0.377 e. The standard InChI is InChI=1S/C12H17NO/c1-12(14)8-4-2-5-9-13-10-6-3-7-11-13/h5,9H,3,6-8,10-11H2,1H3/b9-5+. The number of carbonyl (C=O) groups is 1. The Morgan fingerprint density at radius 2 is 2.07 bits per heavy atom. The van der Waals surface area contributed by atoms with Crippen LogP contribution >= 0.6 is 0 Å². The maximum absolute atomic E-state index is 10.6. The summed E-state index contributed by atoms with van der Waals surface area (Å²) in [6, 6.07) is 0. The highest BCUT2D eigenvalue weighted by atomic mass is 16.1. The minimum absolute atomic E-state index is 0.129. The molecule has 0 atom stereocenters. The Labute approximate surface area is 86.0 Å². The molecule has 0 unspecified atom stereocenters. The van der Waals surface area contributed by atoms with Gasteiger partial charge in [0.1, 0.15) is 5.78 Å². The van der Waals surface area contributed by atoms with Gasteiger partial charge in [0.2, 0.25) is 0 Å². The quantitative estimate of drug-likeness (QED) is 0.622. The van der Waals surface area contributed by atoms with Crippen LogP contribution < -0.4 is 0 Å². The second-order valence-corrected chi connectivity index (χ2v) is 3.61. The predicted molar refractivity (Wildman–Crippen MR) is 57.6 cm³/mol. The summed E-state index contributed by atoms with van der Waals surface area (Å²) < 4.78 is 0. The maximum atomic E-state index is 10.6. The summed E-state index contributed by atoms with van der Waals surface area (Å²) in [5.74, 6) is 5.81. The zero-order valence-corrected chi connectivity index (χ0v) is 8.75. The maximum Gasteiger partial charge on any atom is 0.141 e. The Kier molecular flexibility index (Phi) is 4.85. The lowest BCUT2D eigenvalue weighted by molar-refractivity contribution is -0.116. The Bertz CT molecular complexity index is 264. The molecule has 0 aromatic heterocycles. The van der Waals surface area contributed by atoms with Gasteiger partial charge in [-0.2, -0.15) is 0 Å². The van der Waals surface area contributed by atoms with Gasteiger partial charge < -0.3 is 4.90 Å². The number of nitrogens with zero attached hydrogens (tertiary/aromatic N) is 1. The van der Waals surface area contributed by atoms with E-state index in [-0.39, 0.29) is 5.78 Å². The highest BCUT2D eigenvalue weighted by Crippen LogP contribution is 2.08. The van der Waals surface area contributed by atoms with E-state index in [9.17, 15) is 4.79 Å². The lowest BCUT2D eigenvalue weighted by Crippen LogP contribution is -2.23. The summed E-state index contributed by atoms with van der Waals surface area (Å²) in [7, 11) is 0. The highest BCUT2D eigenvalue weighted by molar-refractivity contribution is 5.78. The zero-order valence-electron chi connectivity index (χ0n) is 8.75. The van der Waals surface area contributed by atoms with Crippen molar-refractivity contribution in [2.75, 3.05) is 13.1 Å². The summed E-state index contributed by atoms with van der Waals surface area (Å²) in [6.07, 6.45) is 8.15. The lowest BCUT2D eigenvalue weighted by atomic mass is 10.1. The highest BCUT2D eigenvalue weighted by Gasteiger charge is 2.03. The number of ketones is 1. The summed E-state index contributed by atoms with van der Waals surface area (Å²) in [6.45, 7) is 3.85. The van der Waals surface area contributed by atoms with Gasteiger partial charge >= 0.3 is 0 Å². The van der Waals surface area contributed by atoms with Crippen LogP contribution in [0.1, 0.15) is 32.6 Å². The number of piperidine rings is 1. The molecular formula is C12H17NO. The molecule has 0 aromatic rings. The molecule has 2 heteroatoms. The molecule has 0 saturated carbocycles. The van der Waals surface area contributed by atoms with E-state index in [0.29, 0.717) is 6.42 Å². The second-order valence-electron chi connectivity index (χ2n) is 3.61. The van der Waals surface area contributed by atoms with Gasteiger partial charge in [-0.1, -0.05) is 11.8 Å². The molecule has 14 heavy (non-hydrogen) atoms. The smallest absolute Gasteiger partial charge is 0.141 e. The molecule has 1 rings (SSSR count). The number of likely N-dealkylation sites (tertiary alicyclic amines) is 1. The molecule has 2 nitrogen and oxygen atoms in total. The average molecular weight is 191 g/mol. The lowest BCUT2D eigenvalue weighted by Gasteiger charge is -2.24. The van der Waals surface area contributed by atoms with Crippen LogP contribution in [-0.2, 0) is 4.79 Å². The molecule has 1 aliphatic rings. The van der Waals surface area contributed by atoms with Crippen molar-refractivity contribution in [1.29, 1.82) is 0 Å². The minimum atomic E-state index is 0.129. The molecule has 0 amide bonds. The van der Waals surface area contributed by atoms with Gasteiger partial charge in [0, 0.05) is 25.4 Å². The molecule has 1 saturated heterocycles. The molecule has 76 valence electrons. The fourth-order valence-electron chi connectivity index (χ4n) is 1.44. The average Bonchev–Trinajstić information content (AvgIpc) is 2.18. The van der Waals surface area contributed by atoms with Crippen LogP contribution in [-0.4, -0.2) is 23.8 Å². The molecule has 0 radical (unpaired) electrons. The number of allylic oxidation sites excluding steroid dienone is 1. The fourth-order valence-corrected chi connectivity index (χ4v) is 1.44. The first kappa shape index (κ1) is 10.8. The van der Waals surface area contributed by atoms with Crippen molar-refractivity contribution in [3.8, 4) is 11.8 Å². The molecule has 1 aliphatic heterocycles. The van der Waals surface area contributed by atoms with E-state index < -0.39 is 0 Å². The third-order valence-corrected chi connectivity index (χ3v) is 2.20. The topological polar surface area (TPSA) is 20.3 Å². The summed E-state index contributed by atoms with van der Waals surface area (Å²) >= 11 is 0. The van der Waals surface area contributed by atoms with Gasteiger partial charge in [0.05, 0.1) is 6.42 Å². The van der Waals surface area contributed by atoms with Gasteiger partial charge in [-0.05, 0) is 26.2 Å². The van der Waals surface area contributed by atoms with Crippen LogP contribution in [0.3, 0.4) is 0 Å². The fraction of sp³-hybridized carbons (Fsp3) is 0.583. The van der Waals surface area contributed by atoms with Gasteiger partial charge in [-0.15, -0.1) is 0 Å². The van der Waals surface area contributed by atoms with E-state index in [1.165, 1.54) is 19.3 Å². The van der Waals surface area contributed by atoms with E-state index in [0.717, 1.165) is 13.1 Å². The Morgan fingerprint density at radius 3 is 2.71 bits per heavy atom. The summed E-state index contributed by atoms with van der Waals surface area (Å²) in [5.41, 5.74) is 0. The van der Waals surface area contributed by atoms with Gasteiger partial charge in [-0.3, -0.25) is 4.79 Å². The van der Waals surface area contributed by atoms with Crippen LogP contribution in [0, 0.1) is 11.8 Å². The summed E-state index contributed by atoms with van der Waals surface area (Å²) in [5, 5.41) is 0. The number of hydrogen-bond acceptors (Lipinski definition) is 2. The molecule has 1 fully saturated rings. The van der Waals surface area contributed by atoms with Crippen molar-refractivity contribution in [1.82, 2.24) is 4.90 Å². The van der Waals surface area contributed by atoms with Crippen LogP contribution in [0.5, 0.6) is 0 Å². The van der Waals surface area contributed by atoms with Crippen molar-refractivity contribution in [3.05, 3.63) is 12.3 Å². The Hall–Kier alpha value is -1.23. The van der Waals surface area contributed by atoms with Gasteiger partial charge in [0.25, 0.3) is 0 Å². The van der Waals surface area contributed by atoms with Crippen molar-refractivity contribution in [2.24, 2.45) is 0 Å². The molecule has 1 heterocycles. The molecule has 0 aliphatic carbocycles. The normalized spacial score (nSPS) is 16.5. The first-order valence-electron chi connectivity index (χ1n) is 5.17. The van der Waals surface area contributed by atoms with E-state index in [1.54, 1.807) is 6.92 Å². The van der Waals surface area contributed by atoms with E-state index in [1.807, 2.05) is 12.3 Å². The van der Waals surface area contributed by atoms with E-state index in [2.05, 4.69) is 16.7 Å².